The van der Waals surface area contributed by atoms with Crippen LogP contribution in [-0.4, -0.2) is 0 Å². The fraction of sp³-hybridized carbons (Fsp3) is 0.200. The molecule has 0 saturated carbocycles. The molecule has 0 saturated heterocycles. The van der Waals surface area contributed by atoms with Crippen LogP contribution in [0, 0.1) is 0 Å². The van der Waals surface area contributed by atoms with Crippen LogP contribution in [0.2, 0.25) is 0 Å². The van der Waals surface area contributed by atoms with Crippen molar-refractivity contribution in [3.05, 3.63) is 67.2 Å². The van der Waals surface area contributed by atoms with Crippen molar-refractivity contribution in [1.82, 2.24) is 5.32 Å². The molecule has 0 fully saturated rings. The first kappa shape index (κ1) is 13.1. The largest absolute Gasteiger partial charge is 0.298 e. The molecular weight excluding hydrogens is 290 g/mol. The summed E-state index contributed by atoms with van der Waals surface area (Å²) in [6.45, 7) is 2.23. The van der Waals surface area contributed by atoms with E-state index < -0.39 is 0 Å². The predicted octanol–water partition coefficient (Wildman–Crippen LogP) is 5.31. The van der Waals surface area contributed by atoms with Crippen molar-refractivity contribution in [2.24, 2.45) is 0 Å². The van der Waals surface area contributed by atoms with Gasteiger partial charge in [0.2, 0.25) is 0 Å². The van der Waals surface area contributed by atoms with Crippen LogP contribution in [-0.2, 0) is 0 Å². The Bertz CT molecular complexity index is 547. The molecule has 4 heteroatoms. The molecule has 3 aromatic rings. The van der Waals surface area contributed by atoms with E-state index in [-0.39, 0.29) is 0 Å². The fourth-order valence-corrected chi connectivity index (χ4v) is 4.52. The summed E-state index contributed by atoms with van der Waals surface area (Å²) in [5, 5.41) is 12.4. The second-order valence-corrected chi connectivity index (χ2v) is 7.15. The van der Waals surface area contributed by atoms with E-state index in [0.29, 0.717) is 12.1 Å². The van der Waals surface area contributed by atoms with Gasteiger partial charge < -0.3 is 0 Å². The van der Waals surface area contributed by atoms with Gasteiger partial charge in [-0.2, -0.15) is 11.3 Å². The Morgan fingerprint density at radius 1 is 0.947 bits per heavy atom. The molecular formula is C15H15NS3. The van der Waals surface area contributed by atoms with E-state index in [9.17, 15) is 0 Å². The van der Waals surface area contributed by atoms with E-state index in [2.05, 4.69) is 64.1 Å². The zero-order valence-electron chi connectivity index (χ0n) is 10.6. The van der Waals surface area contributed by atoms with Crippen molar-refractivity contribution in [1.29, 1.82) is 0 Å². The first-order valence-electron chi connectivity index (χ1n) is 6.19. The molecule has 0 aliphatic rings. The van der Waals surface area contributed by atoms with Gasteiger partial charge in [0.05, 0.1) is 6.04 Å². The fourth-order valence-electron chi connectivity index (χ4n) is 2.08. The molecule has 1 N–H and O–H groups in total. The number of hydrogen-bond donors (Lipinski definition) is 1. The van der Waals surface area contributed by atoms with Crippen LogP contribution in [0.1, 0.15) is 34.3 Å². The lowest BCUT2D eigenvalue weighted by Gasteiger charge is -2.21. The van der Waals surface area contributed by atoms with Crippen molar-refractivity contribution < 1.29 is 0 Å². The molecule has 1 nitrogen and oxygen atoms in total. The van der Waals surface area contributed by atoms with Crippen molar-refractivity contribution >= 4 is 34.0 Å². The van der Waals surface area contributed by atoms with Gasteiger partial charge in [-0.3, -0.25) is 5.32 Å². The summed E-state index contributed by atoms with van der Waals surface area (Å²) in [6.07, 6.45) is 0. The van der Waals surface area contributed by atoms with E-state index in [1.165, 1.54) is 15.3 Å². The average molecular weight is 305 g/mol. The zero-order chi connectivity index (χ0) is 13.1. The van der Waals surface area contributed by atoms with Gasteiger partial charge in [0.25, 0.3) is 0 Å². The third kappa shape index (κ3) is 2.98. The van der Waals surface area contributed by atoms with Gasteiger partial charge in [0, 0.05) is 15.8 Å². The molecule has 3 aromatic heterocycles. The highest BCUT2D eigenvalue weighted by molar-refractivity contribution is 7.11. The van der Waals surface area contributed by atoms with Gasteiger partial charge in [-0.15, -0.1) is 22.7 Å². The molecule has 3 rings (SSSR count). The van der Waals surface area contributed by atoms with E-state index in [1.807, 2.05) is 22.7 Å². The van der Waals surface area contributed by atoms with Gasteiger partial charge in [-0.1, -0.05) is 12.1 Å². The number of hydrogen-bond acceptors (Lipinski definition) is 4. The Morgan fingerprint density at radius 3 is 2.11 bits per heavy atom. The van der Waals surface area contributed by atoms with Crippen molar-refractivity contribution in [3.63, 3.8) is 0 Å². The molecule has 0 amide bonds. The number of nitrogens with one attached hydrogen (secondary N) is 1. The molecule has 3 heterocycles. The Labute approximate surface area is 125 Å². The SMILES string of the molecule is CC(NC(c1cccs1)c1cccs1)c1ccsc1. The maximum absolute atomic E-state index is 3.75. The highest BCUT2D eigenvalue weighted by Crippen LogP contribution is 2.31. The predicted molar refractivity (Wildman–Crippen MR) is 86.4 cm³/mol. The summed E-state index contributed by atoms with van der Waals surface area (Å²) in [4.78, 5) is 2.76. The summed E-state index contributed by atoms with van der Waals surface area (Å²) >= 11 is 5.39. The molecule has 0 aromatic carbocycles. The average Bonchev–Trinajstić information content (AvgIpc) is 3.17. The van der Waals surface area contributed by atoms with Gasteiger partial charge in [-0.05, 0) is 52.2 Å². The molecule has 0 bridgehead atoms. The van der Waals surface area contributed by atoms with Crippen LogP contribution >= 0.6 is 34.0 Å². The van der Waals surface area contributed by atoms with E-state index in [4.69, 9.17) is 0 Å². The van der Waals surface area contributed by atoms with Crippen LogP contribution < -0.4 is 5.32 Å². The summed E-state index contributed by atoms with van der Waals surface area (Å²) in [5.41, 5.74) is 1.36. The van der Waals surface area contributed by atoms with Gasteiger partial charge in [0.1, 0.15) is 0 Å². The Morgan fingerprint density at radius 2 is 1.63 bits per heavy atom. The lowest BCUT2D eigenvalue weighted by atomic mass is 10.1. The third-order valence-electron chi connectivity index (χ3n) is 3.12. The van der Waals surface area contributed by atoms with Crippen molar-refractivity contribution in [2.75, 3.05) is 0 Å². The zero-order valence-corrected chi connectivity index (χ0v) is 13.0. The van der Waals surface area contributed by atoms with Gasteiger partial charge >= 0.3 is 0 Å². The summed E-state index contributed by atoms with van der Waals surface area (Å²) in [6, 6.07) is 11.5. The van der Waals surface area contributed by atoms with E-state index >= 15 is 0 Å². The number of rotatable bonds is 5. The Kier molecular flexibility index (Phi) is 4.13. The first-order valence-corrected chi connectivity index (χ1v) is 8.90. The first-order chi connectivity index (χ1) is 9.34. The molecule has 0 aliphatic carbocycles. The minimum absolute atomic E-state index is 0.301. The lowest BCUT2D eigenvalue weighted by Crippen LogP contribution is -2.24. The summed E-state index contributed by atoms with van der Waals surface area (Å²) in [5.74, 6) is 0. The van der Waals surface area contributed by atoms with Crippen LogP contribution in [0.15, 0.2) is 51.9 Å². The molecule has 1 unspecified atom stereocenters. The van der Waals surface area contributed by atoms with Crippen molar-refractivity contribution in [2.45, 2.75) is 19.0 Å². The van der Waals surface area contributed by atoms with Crippen LogP contribution in [0.5, 0.6) is 0 Å². The standard InChI is InChI=1S/C15H15NS3/c1-11(12-6-9-17-10-12)16-15(13-4-2-7-18-13)14-5-3-8-19-14/h2-11,15-16H,1H3. The summed E-state index contributed by atoms with van der Waals surface area (Å²) < 4.78 is 0. The Balaban J connectivity index is 1.84. The normalized spacial score (nSPS) is 12.9. The molecule has 1 atom stereocenters. The molecule has 0 aliphatic heterocycles. The Hall–Kier alpha value is -0.940. The monoisotopic (exact) mass is 305 g/mol. The maximum Gasteiger partial charge on any atom is 0.0769 e. The second-order valence-electron chi connectivity index (χ2n) is 4.41. The topological polar surface area (TPSA) is 12.0 Å². The minimum Gasteiger partial charge on any atom is -0.298 e. The minimum atomic E-state index is 0.301. The van der Waals surface area contributed by atoms with Gasteiger partial charge in [-0.25, -0.2) is 0 Å². The van der Waals surface area contributed by atoms with Gasteiger partial charge in [0.15, 0.2) is 0 Å². The summed E-state index contributed by atoms with van der Waals surface area (Å²) in [7, 11) is 0. The van der Waals surface area contributed by atoms with Crippen LogP contribution in [0.4, 0.5) is 0 Å². The van der Waals surface area contributed by atoms with Crippen molar-refractivity contribution in [3.8, 4) is 0 Å². The van der Waals surface area contributed by atoms with Crippen LogP contribution in [0.3, 0.4) is 0 Å². The molecule has 0 spiro atoms. The second kappa shape index (κ2) is 6.01. The third-order valence-corrected chi connectivity index (χ3v) is 5.69. The van der Waals surface area contributed by atoms with E-state index in [0.717, 1.165) is 0 Å². The smallest absolute Gasteiger partial charge is 0.0769 e. The maximum atomic E-state index is 3.75. The highest BCUT2D eigenvalue weighted by Gasteiger charge is 2.19. The van der Waals surface area contributed by atoms with Crippen LogP contribution in [0.25, 0.3) is 0 Å². The molecule has 0 radical (unpaired) electrons. The highest BCUT2D eigenvalue weighted by atomic mass is 32.1. The van der Waals surface area contributed by atoms with E-state index in [1.54, 1.807) is 11.3 Å². The lowest BCUT2D eigenvalue weighted by molar-refractivity contribution is 0.528. The number of thiophene rings is 3. The molecule has 19 heavy (non-hydrogen) atoms. The molecule has 98 valence electrons. The quantitative estimate of drug-likeness (QED) is 0.673.